The minimum atomic E-state index is -0.374. The molecule has 4 nitrogen and oxygen atoms in total. The van der Waals surface area contributed by atoms with Gasteiger partial charge in [0.05, 0.1) is 4.92 Å². The zero-order valence-electron chi connectivity index (χ0n) is 11.3. The van der Waals surface area contributed by atoms with Crippen molar-refractivity contribution in [3.63, 3.8) is 0 Å². The summed E-state index contributed by atoms with van der Waals surface area (Å²) in [5, 5.41) is 16.4. The van der Waals surface area contributed by atoms with Crippen LogP contribution in [0.1, 0.15) is 5.56 Å². The first-order chi connectivity index (χ1) is 10.2. The van der Waals surface area contributed by atoms with Crippen LogP contribution in [-0.4, -0.2) is 4.92 Å². The smallest absolute Gasteiger partial charge is 0.269 e. The van der Waals surface area contributed by atoms with Crippen LogP contribution < -0.4 is 5.32 Å². The number of nitro benzene ring substituents is 1. The van der Waals surface area contributed by atoms with Gasteiger partial charge < -0.3 is 5.32 Å². The van der Waals surface area contributed by atoms with Gasteiger partial charge in [0.1, 0.15) is 0 Å². The molecule has 0 saturated heterocycles. The Morgan fingerprint density at radius 2 is 1.71 bits per heavy atom. The molecule has 0 bridgehead atoms. The van der Waals surface area contributed by atoms with E-state index in [4.69, 9.17) is 0 Å². The Bertz CT molecular complexity index is 794. The molecule has 3 aromatic rings. The summed E-state index contributed by atoms with van der Waals surface area (Å²) in [7, 11) is 0. The zero-order valence-corrected chi connectivity index (χ0v) is 11.3. The van der Waals surface area contributed by atoms with E-state index in [0.29, 0.717) is 6.54 Å². The van der Waals surface area contributed by atoms with E-state index in [1.165, 1.54) is 11.5 Å². The molecule has 3 rings (SSSR count). The molecular weight excluding hydrogens is 264 g/mol. The van der Waals surface area contributed by atoms with Crippen molar-refractivity contribution in [1.82, 2.24) is 0 Å². The molecule has 0 atom stereocenters. The van der Waals surface area contributed by atoms with E-state index in [2.05, 4.69) is 23.5 Å². The first-order valence-electron chi connectivity index (χ1n) is 6.69. The van der Waals surface area contributed by atoms with E-state index >= 15 is 0 Å². The van der Waals surface area contributed by atoms with Gasteiger partial charge in [0.25, 0.3) is 5.69 Å². The Morgan fingerprint density at radius 1 is 0.952 bits per heavy atom. The Balaban J connectivity index is 1.84. The summed E-state index contributed by atoms with van der Waals surface area (Å²) in [6, 6.07) is 20.9. The fourth-order valence-electron chi connectivity index (χ4n) is 2.36. The molecule has 21 heavy (non-hydrogen) atoms. The molecule has 0 spiro atoms. The number of hydrogen-bond donors (Lipinski definition) is 1. The molecule has 0 amide bonds. The Hall–Kier alpha value is -2.88. The number of rotatable bonds is 4. The summed E-state index contributed by atoms with van der Waals surface area (Å²) in [4.78, 5) is 10.4. The Kier molecular flexibility index (Phi) is 3.51. The molecule has 0 heterocycles. The van der Waals surface area contributed by atoms with Crippen molar-refractivity contribution in [3.8, 4) is 0 Å². The van der Waals surface area contributed by atoms with Crippen LogP contribution in [0, 0.1) is 10.1 Å². The first-order valence-corrected chi connectivity index (χ1v) is 6.69. The SMILES string of the molecule is O=[N+]([O-])c1cccc(CNc2cccc3ccccc23)c1. The predicted octanol–water partition coefficient (Wildman–Crippen LogP) is 4.36. The molecular formula is C17H14N2O2. The van der Waals surface area contributed by atoms with Crippen LogP contribution in [0.25, 0.3) is 10.8 Å². The highest BCUT2D eigenvalue weighted by atomic mass is 16.6. The van der Waals surface area contributed by atoms with Crippen molar-refractivity contribution >= 4 is 22.1 Å². The van der Waals surface area contributed by atoms with E-state index in [1.807, 2.05) is 30.3 Å². The van der Waals surface area contributed by atoms with Gasteiger partial charge in [0, 0.05) is 29.8 Å². The number of fused-ring (bicyclic) bond motifs is 1. The van der Waals surface area contributed by atoms with Crippen LogP contribution >= 0.6 is 0 Å². The lowest BCUT2D eigenvalue weighted by Crippen LogP contribution is -2.00. The molecule has 0 saturated carbocycles. The van der Waals surface area contributed by atoms with Crippen molar-refractivity contribution in [2.75, 3.05) is 5.32 Å². The highest BCUT2D eigenvalue weighted by molar-refractivity contribution is 5.93. The van der Waals surface area contributed by atoms with Gasteiger partial charge in [0.2, 0.25) is 0 Å². The van der Waals surface area contributed by atoms with Crippen molar-refractivity contribution in [2.24, 2.45) is 0 Å². The van der Waals surface area contributed by atoms with E-state index in [1.54, 1.807) is 12.1 Å². The van der Waals surface area contributed by atoms with Crippen molar-refractivity contribution in [3.05, 3.63) is 82.4 Å². The fraction of sp³-hybridized carbons (Fsp3) is 0.0588. The number of non-ortho nitro benzene ring substituents is 1. The van der Waals surface area contributed by atoms with Crippen LogP contribution in [0.5, 0.6) is 0 Å². The van der Waals surface area contributed by atoms with Crippen molar-refractivity contribution in [2.45, 2.75) is 6.54 Å². The Labute approximate surface area is 122 Å². The highest BCUT2D eigenvalue weighted by Gasteiger charge is 2.06. The molecule has 4 heteroatoms. The number of benzene rings is 3. The topological polar surface area (TPSA) is 55.2 Å². The molecule has 3 aromatic carbocycles. The van der Waals surface area contributed by atoms with Crippen LogP contribution in [0.2, 0.25) is 0 Å². The standard InChI is InChI=1S/C17H14N2O2/c20-19(21)15-8-3-5-13(11-15)12-18-17-10-4-7-14-6-1-2-9-16(14)17/h1-11,18H,12H2. The molecule has 0 aliphatic heterocycles. The van der Waals surface area contributed by atoms with Crippen molar-refractivity contribution in [1.29, 1.82) is 0 Å². The second kappa shape index (κ2) is 5.63. The predicted molar refractivity (Wildman–Crippen MR) is 84.4 cm³/mol. The van der Waals surface area contributed by atoms with Gasteiger partial charge in [-0.2, -0.15) is 0 Å². The van der Waals surface area contributed by atoms with Crippen LogP contribution in [-0.2, 0) is 6.54 Å². The molecule has 0 aliphatic carbocycles. The van der Waals surface area contributed by atoms with E-state index in [-0.39, 0.29) is 10.6 Å². The van der Waals surface area contributed by atoms with Crippen LogP contribution in [0.3, 0.4) is 0 Å². The lowest BCUT2D eigenvalue weighted by Gasteiger charge is -2.09. The van der Waals surface area contributed by atoms with Crippen molar-refractivity contribution < 1.29 is 4.92 Å². The number of anilines is 1. The average Bonchev–Trinajstić information content (AvgIpc) is 2.53. The maximum Gasteiger partial charge on any atom is 0.269 e. The minimum absolute atomic E-state index is 0.118. The second-order valence-electron chi connectivity index (χ2n) is 4.81. The van der Waals surface area contributed by atoms with E-state index < -0.39 is 0 Å². The minimum Gasteiger partial charge on any atom is -0.380 e. The van der Waals surface area contributed by atoms with Gasteiger partial charge in [0.15, 0.2) is 0 Å². The van der Waals surface area contributed by atoms with Gasteiger partial charge >= 0.3 is 0 Å². The van der Waals surface area contributed by atoms with Crippen LogP contribution in [0.15, 0.2) is 66.7 Å². The van der Waals surface area contributed by atoms with E-state index in [9.17, 15) is 10.1 Å². The number of hydrogen-bond acceptors (Lipinski definition) is 3. The third-order valence-electron chi connectivity index (χ3n) is 3.39. The van der Waals surface area contributed by atoms with Gasteiger partial charge in [-0.05, 0) is 17.0 Å². The maximum absolute atomic E-state index is 10.8. The van der Waals surface area contributed by atoms with Gasteiger partial charge in [-0.25, -0.2) is 0 Å². The first kappa shape index (κ1) is 13.1. The summed E-state index contributed by atoms with van der Waals surface area (Å²) in [6.45, 7) is 0.551. The number of nitrogens with zero attached hydrogens (tertiary/aromatic N) is 1. The normalized spacial score (nSPS) is 10.5. The summed E-state index contributed by atoms with van der Waals surface area (Å²) in [6.07, 6.45) is 0. The van der Waals surface area contributed by atoms with E-state index in [0.717, 1.165) is 16.6 Å². The largest absolute Gasteiger partial charge is 0.380 e. The Morgan fingerprint density at radius 3 is 2.57 bits per heavy atom. The van der Waals surface area contributed by atoms with Gasteiger partial charge in [-0.3, -0.25) is 10.1 Å². The lowest BCUT2D eigenvalue weighted by molar-refractivity contribution is -0.384. The molecule has 0 aromatic heterocycles. The maximum atomic E-state index is 10.8. The fourth-order valence-corrected chi connectivity index (χ4v) is 2.36. The summed E-state index contributed by atoms with van der Waals surface area (Å²) >= 11 is 0. The van der Waals surface area contributed by atoms with Crippen LogP contribution in [0.4, 0.5) is 11.4 Å². The quantitative estimate of drug-likeness (QED) is 0.570. The molecule has 1 N–H and O–H groups in total. The lowest BCUT2D eigenvalue weighted by atomic mass is 10.1. The zero-order chi connectivity index (χ0) is 14.7. The second-order valence-corrected chi connectivity index (χ2v) is 4.81. The average molecular weight is 278 g/mol. The summed E-state index contributed by atoms with van der Waals surface area (Å²) < 4.78 is 0. The number of nitrogens with one attached hydrogen (secondary N) is 1. The van der Waals surface area contributed by atoms with Gasteiger partial charge in [-0.15, -0.1) is 0 Å². The molecule has 0 unspecified atom stereocenters. The number of nitro groups is 1. The third kappa shape index (κ3) is 2.84. The molecule has 0 aliphatic rings. The molecule has 0 radical (unpaired) electrons. The monoisotopic (exact) mass is 278 g/mol. The summed E-state index contributed by atoms with van der Waals surface area (Å²) in [5.41, 5.74) is 2.03. The highest BCUT2D eigenvalue weighted by Crippen LogP contribution is 2.23. The van der Waals surface area contributed by atoms with Gasteiger partial charge in [-0.1, -0.05) is 48.5 Å². The third-order valence-corrected chi connectivity index (χ3v) is 3.39. The molecule has 104 valence electrons. The summed E-state index contributed by atoms with van der Waals surface area (Å²) in [5.74, 6) is 0. The molecule has 0 fully saturated rings.